The fraction of sp³-hybridized carbons (Fsp3) is 0.241. The highest BCUT2D eigenvalue weighted by Gasteiger charge is 2.47. The van der Waals surface area contributed by atoms with Gasteiger partial charge in [0, 0.05) is 18.3 Å². The second-order valence-electron chi connectivity index (χ2n) is 9.19. The number of ketones is 1. The number of rotatable bonds is 4. The Kier molecular flexibility index (Phi) is 5.92. The van der Waals surface area contributed by atoms with Crippen molar-refractivity contribution in [1.29, 1.82) is 0 Å². The van der Waals surface area contributed by atoms with Gasteiger partial charge in [-0.05, 0) is 61.4 Å². The Morgan fingerprint density at radius 2 is 1.83 bits per heavy atom. The quantitative estimate of drug-likeness (QED) is 0.327. The van der Waals surface area contributed by atoms with Gasteiger partial charge >= 0.3 is 0 Å². The molecule has 1 fully saturated rings. The smallest absolute Gasteiger partial charge is 0.300 e. The first-order valence-corrected chi connectivity index (χ1v) is 11.8. The van der Waals surface area contributed by atoms with Gasteiger partial charge in [-0.2, -0.15) is 0 Å². The number of ether oxygens (including phenoxy) is 2. The minimum atomic E-state index is -0.827. The third-order valence-electron chi connectivity index (χ3n) is 6.79. The summed E-state index contributed by atoms with van der Waals surface area (Å²) in [6, 6.07) is 17.4. The lowest BCUT2D eigenvalue weighted by Crippen LogP contribution is -2.30. The van der Waals surface area contributed by atoms with Gasteiger partial charge in [0.25, 0.3) is 11.7 Å². The van der Waals surface area contributed by atoms with Gasteiger partial charge in [0.1, 0.15) is 23.9 Å². The van der Waals surface area contributed by atoms with Crippen LogP contribution in [-0.4, -0.2) is 44.1 Å². The van der Waals surface area contributed by atoms with Gasteiger partial charge in [0.15, 0.2) is 0 Å². The van der Waals surface area contributed by atoms with Crippen LogP contribution in [0.25, 0.3) is 5.76 Å². The minimum absolute atomic E-state index is 0.0348. The number of fused-ring (bicyclic) bond motifs is 1. The van der Waals surface area contributed by atoms with E-state index < -0.39 is 17.7 Å². The number of aliphatic hydroxyl groups is 1. The zero-order chi connectivity index (χ0) is 25.6. The lowest BCUT2D eigenvalue weighted by Gasteiger charge is -2.28. The molecule has 7 heteroatoms. The highest BCUT2D eigenvalue weighted by molar-refractivity contribution is 6.51. The van der Waals surface area contributed by atoms with Crippen LogP contribution < -0.4 is 19.3 Å². The maximum absolute atomic E-state index is 13.5. The fourth-order valence-electron chi connectivity index (χ4n) is 4.94. The number of anilines is 2. The SMILES string of the molecule is COc1cccc(C2/C(=C(/O)c3ccc4c(c3)N(C)CCO4)C(=O)C(=O)N2c2ccc(C)cc2C)c1. The van der Waals surface area contributed by atoms with E-state index in [0.717, 1.165) is 16.8 Å². The van der Waals surface area contributed by atoms with E-state index in [-0.39, 0.29) is 11.3 Å². The molecule has 0 aliphatic carbocycles. The van der Waals surface area contributed by atoms with Gasteiger partial charge in [0.2, 0.25) is 0 Å². The number of aryl methyl sites for hydroxylation is 2. The minimum Gasteiger partial charge on any atom is -0.507 e. The highest BCUT2D eigenvalue weighted by atomic mass is 16.5. The van der Waals surface area contributed by atoms with Crippen LogP contribution in [0.15, 0.2) is 66.2 Å². The number of methoxy groups -OCH3 is 1. The maximum Gasteiger partial charge on any atom is 0.300 e. The molecule has 2 heterocycles. The van der Waals surface area contributed by atoms with Crippen LogP contribution in [0.4, 0.5) is 11.4 Å². The van der Waals surface area contributed by atoms with Crippen LogP contribution in [0.1, 0.15) is 28.3 Å². The van der Waals surface area contributed by atoms with Crippen LogP contribution in [0, 0.1) is 13.8 Å². The van der Waals surface area contributed by atoms with Crippen molar-refractivity contribution in [2.45, 2.75) is 19.9 Å². The van der Waals surface area contributed by atoms with Gasteiger partial charge in [-0.1, -0.05) is 29.8 Å². The Morgan fingerprint density at radius 1 is 1.03 bits per heavy atom. The molecule has 2 aliphatic heterocycles. The van der Waals surface area contributed by atoms with Crippen molar-refractivity contribution in [1.82, 2.24) is 0 Å². The fourth-order valence-corrected chi connectivity index (χ4v) is 4.94. The van der Waals surface area contributed by atoms with Crippen LogP contribution in [-0.2, 0) is 9.59 Å². The molecule has 2 aliphatic rings. The van der Waals surface area contributed by atoms with Gasteiger partial charge in [-0.25, -0.2) is 0 Å². The van der Waals surface area contributed by atoms with E-state index in [0.29, 0.717) is 41.5 Å². The topological polar surface area (TPSA) is 79.3 Å². The monoisotopic (exact) mass is 484 g/mol. The highest BCUT2D eigenvalue weighted by Crippen LogP contribution is 2.44. The van der Waals surface area contributed by atoms with Crippen molar-refractivity contribution < 1.29 is 24.2 Å². The average molecular weight is 485 g/mol. The Bertz CT molecular complexity index is 1410. The maximum atomic E-state index is 13.5. The summed E-state index contributed by atoms with van der Waals surface area (Å²) < 4.78 is 11.1. The Morgan fingerprint density at radius 3 is 2.58 bits per heavy atom. The lowest BCUT2D eigenvalue weighted by molar-refractivity contribution is -0.132. The number of likely N-dealkylation sites (N-methyl/N-ethyl adjacent to an activating group) is 1. The molecule has 0 spiro atoms. The van der Waals surface area contributed by atoms with Gasteiger partial charge in [0.05, 0.1) is 31.0 Å². The van der Waals surface area contributed by atoms with Crippen molar-refractivity contribution in [2.75, 3.05) is 37.1 Å². The van der Waals surface area contributed by atoms with E-state index in [1.165, 1.54) is 4.90 Å². The number of Topliss-reactive ketones (excluding diaryl/α,β-unsaturated/α-hetero) is 1. The first kappa shape index (κ1) is 23.5. The number of carbonyl (C=O) groups excluding carboxylic acids is 2. The van der Waals surface area contributed by atoms with Crippen molar-refractivity contribution in [3.8, 4) is 11.5 Å². The average Bonchev–Trinajstić information content (AvgIpc) is 3.14. The summed E-state index contributed by atoms with van der Waals surface area (Å²) in [5.74, 6) is -0.348. The van der Waals surface area contributed by atoms with Gasteiger partial charge in [-0.3, -0.25) is 14.5 Å². The standard InChI is InChI=1S/C29H28N2O5/c1-17-8-10-22(18(2)14-17)31-26(19-6-5-7-21(15-19)35-4)25(28(33)29(31)34)27(32)20-9-11-24-23(16-20)30(3)12-13-36-24/h5-11,14-16,26,32H,12-13H2,1-4H3/b27-25-. The molecule has 1 N–H and O–H groups in total. The number of nitrogens with zero attached hydrogens (tertiary/aromatic N) is 2. The van der Waals surface area contributed by atoms with E-state index in [4.69, 9.17) is 9.47 Å². The summed E-state index contributed by atoms with van der Waals surface area (Å²) in [5.41, 5.74) is 4.47. The molecule has 3 aromatic rings. The van der Waals surface area contributed by atoms with Crippen molar-refractivity contribution in [3.63, 3.8) is 0 Å². The molecule has 1 unspecified atom stereocenters. The predicted molar refractivity (Wildman–Crippen MR) is 139 cm³/mol. The molecule has 184 valence electrons. The normalized spacial score (nSPS) is 18.7. The van der Waals surface area contributed by atoms with E-state index in [1.807, 2.05) is 56.1 Å². The van der Waals surface area contributed by atoms with E-state index in [9.17, 15) is 14.7 Å². The van der Waals surface area contributed by atoms with Crippen LogP contribution in [0.3, 0.4) is 0 Å². The molecule has 36 heavy (non-hydrogen) atoms. The van der Waals surface area contributed by atoms with Crippen molar-refractivity contribution in [2.24, 2.45) is 0 Å². The van der Waals surface area contributed by atoms with Crippen LogP contribution in [0.5, 0.6) is 11.5 Å². The number of hydrogen-bond donors (Lipinski definition) is 1. The summed E-state index contributed by atoms with van der Waals surface area (Å²) in [7, 11) is 3.51. The zero-order valence-corrected chi connectivity index (χ0v) is 20.7. The lowest BCUT2D eigenvalue weighted by atomic mass is 9.94. The summed E-state index contributed by atoms with van der Waals surface area (Å²) in [6.45, 7) is 5.16. The second-order valence-corrected chi connectivity index (χ2v) is 9.19. The number of aliphatic hydroxyl groups excluding tert-OH is 1. The Labute approximate surface area is 210 Å². The van der Waals surface area contributed by atoms with Crippen molar-refractivity contribution in [3.05, 3.63) is 88.5 Å². The van der Waals surface area contributed by atoms with Gasteiger partial charge in [-0.15, -0.1) is 0 Å². The predicted octanol–water partition coefficient (Wildman–Crippen LogP) is 4.77. The largest absolute Gasteiger partial charge is 0.507 e. The van der Waals surface area contributed by atoms with E-state index >= 15 is 0 Å². The first-order chi connectivity index (χ1) is 17.3. The molecular formula is C29H28N2O5. The Hall–Kier alpha value is -4.26. The summed E-state index contributed by atoms with van der Waals surface area (Å²) in [6.07, 6.45) is 0. The first-order valence-electron chi connectivity index (χ1n) is 11.8. The number of benzene rings is 3. The molecular weight excluding hydrogens is 456 g/mol. The van der Waals surface area contributed by atoms with Crippen molar-refractivity contribution >= 4 is 28.8 Å². The number of hydrogen-bond acceptors (Lipinski definition) is 6. The molecule has 1 amide bonds. The Balaban J connectivity index is 1.72. The van der Waals surface area contributed by atoms with Crippen LogP contribution in [0.2, 0.25) is 0 Å². The van der Waals surface area contributed by atoms with E-state index in [2.05, 4.69) is 0 Å². The molecule has 7 nitrogen and oxygen atoms in total. The third kappa shape index (κ3) is 3.86. The molecule has 1 saturated heterocycles. The molecule has 0 radical (unpaired) electrons. The molecule has 0 bridgehead atoms. The second kappa shape index (κ2) is 9.07. The molecule has 0 saturated carbocycles. The number of carbonyl (C=O) groups is 2. The molecule has 5 rings (SSSR count). The molecule has 3 aromatic carbocycles. The molecule has 0 aromatic heterocycles. The molecule has 1 atom stereocenters. The van der Waals surface area contributed by atoms with Crippen LogP contribution >= 0.6 is 0 Å². The number of amides is 1. The third-order valence-corrected chi connectivity index (χ3v) is 6.79. The zero-order valence-electron chi connectivity index (χ0n) is 20.7. The van der Waals surface area contributed by atoms with E-state index in [1.54, 1.807) is 37.4 Å². The summed E-state index contributed by atoms with van der Waals surface area (Å²) in [5, 5.41) is 11.5. The van der Waals surface area contributed by atoms with Gasteiger partial charge < -0.3 is 19.5 Å². The summed E-state index contributed by atoms with van der Waals surface area (Å²) >= 11 is 0. The summed E-state index contributed by atoms with van der Waals surface area (Å²) in [4.78, 5) is 30.5.